The zero-order valence-electron chi connectivity index (χ0n) is 11.8. The van der Waals surface area contributed by atoms with Crippen LogP contribution in [0.15, 0.2) is 23.1 Å². The molecule has 1 unspecified atom stereocenters. The van der Waals surface area contributed by atoms with Crippen molar-refractivity contribution in [2.75, 3.05) is 19.6 Å². The number of likely N-dealkylation sites (N-methyl/N-ethyl adjacent to an activating group) is 1. The van der Waals surface area contributed by atoms with Gasteiger partial charge in [-0.05, 0) is 37.6 Å². The van der Waals surface area contributed by atoms with Crippen LogP contribution in [0.2, 0.25) is 5.02 Å². The monoisotopic (exact) mass is 327 g/mol. The Kier molecular flexibility index (Phi) is 5.22. The van der Waals surface area contributed by atoms with E-state index >= 15 is 0 Å². The molecule has 1 aromatic rings. The van der Waals surface area contributed by atoms with Crippen LogP contribution in [-0.2, 0) is 10.0 Å². The Bertz CT molecular complexity index is 649. The fourth-order valence-electron chi connectivity index (χ4n) is 2.50. The topological polar surface area (TPSA) is 73.2 Å². The number of hydrogen-bond donors (Lipinski definition) is 1. The van der Waals surface area contributed by atoms with E-state index in [1.165, 1.54) is 22.5 Å². The summed E-state index contributed by atoms with van der Waals surface area (Å²) in [6.45, 7) is 3.49. The van der Waals surface area contributed by atoms with E-state index < -0.39 is 10.0 Å². The summed E-state index contributed by atoms with van der Waals surface area (Å²) in [7, 11) is -3.72. The number of sulfonamides is 1. The largest absolute Gasteiger partial charge is 0.313 e. The number of rotatable bonds is 5. The Morgan fingerprint density at radius 3 is 2.86 bits per heavy atom. The van der Waals surface area contributed by atoms with Crippen molar-refractivity contribution in [3.63, 3.8) is 0 Å². The highest BCUT2D eigenvalue weighted by Gasteiger charge is 2.29. The highest BCUT2D eigenvalue weighted by Crippen LogP contribution is 2.24. The molecule has 1 saturated heterocycles. The van der Waals surface area contributed by atoms with Crippen LogP contribution in [0.5, 0.6) is 0 Å². The number of hydrogen-bond acceptors (Lipinski definition) is 4. The normalized spacial score (nSPS) is 18.9. The zero-order chi connectivity index (χ0) is 15.5. The zero-order valence-corrected chi connectivity index (χ0v) is 13.4. The Labute approximate surface area is 130 Å². The summed E-state index contributed by atoms with van der Waals surface area (Å²) < 4.78 is 26.9. The van der Waals surface area contributed by atoms with E-state index in [1.54, 1.807) is 6.92 Å². The molecule has 1 aliphatic rings. The van der Waals surface area contributed by atoms with Gasteiger partial charge in [-0.15, -0.1) is 0 Å². The molecule has 1 aliphatic heterocycles. The second kappa shape index (κ2) is 6.75. The van der Waals surface area contributed by atoms with Gasteiger partial charge in [0.15, 0.2) is 0 Å². The van der Waals surface area contributed by atoms with Crippen LogP contribution in [0, 0.1) is 11.3 Å². The maximum absolute atomic E-state index is 12.8. The first-order chi connectivity index (χ1) is 9.98. The fourth-order valence-corrected chi connectivity index (χ4v) is 4.40. The summed E-state index contributed by atoms with van der Waals surface area (Å²) in [5.74, 6) is 0. The van der Waals surface area contributed by atoms with Crippen LogP contribution in [-0.4, -0.2) is 38.4 Å². The lowest BCUT2D eigenvalue weighted by Crippen LogP contribution is -2.41. The van der Waals surface area contributed by atoms with Crippen molar-refractivity contribution in [3.8, 4) is 6.07 Å². The van der Waals surface area contributed by atoms with Gasteiger partial charge in [0.1, 0.15) is 11.0 Å². The minimum atomic E-state index is -3.72. The number of nitriles is 1. The smallest absolute Gasteiger partial charge is 0.244 e. The molecule has 0 aromatic heterocycles. The van der Waals surface area contributed by atoms with E-state index in [-0.39, 0.29) is 16.5 Å². The molecule has 1 atom stereocenters. The maximum atomic E-state index is 12.8. The number of halogens is 1. The van der Waals surface area contributed by atoms with Gasteiger partial charge in [-0.1, -0.05) is 18.5 Å². The molecule has 1 fully saturated rings. The molecule has 0 amide bonds. The van der Waals surface area contributed by atoms with Gasteiger partial charge in [0, 0.05) is 24.2 Å². The first-order valence-electron chi connectivity index (χ1n) is 6.92. The minimum Gasteiger partial charge on any atom is -0.313 e. The molecule has 2 rings (SSSR count). The maximum Gasteiger partial charge on any atom is 0.244 e. The van der Waals surface area contributed by atoms with E-state index in [0.717, 1.165) is 19.4 Å². The molecule has 114 valence electrons. The number of benzene rings is 1. The molecule has 0 aliphatic carbocycles. The molecule has 0 saturated carbocycles. The first kappa shape index (κ1) is 16.2. The van der Waals surface area contributed by atoms with Gasteiger partial charge in [-0.25, -0.2) is 8.42 Å². The molecule has 0 bridgehead atoms. The molecule has 7 heteroatoms. The van der Waals surface area contributed by atoms with Crippen LogP contribution in [0.4, 0.5) is 0 Å². The molecule has 1 aromatic carbocycles. The first-order valence-corrected chi connectivity index (χ1v) is 8.74. The Balaban J connectivity index is 2.34. The predicted molar refractivity (Wildman–Crippen MR) is 81.6 cm³/mol. The van der Waals surface area contributed by atoms with E-state index in [1.807, 2.05) is 6.07 Å². The molecular formula is C14H18ClN3O2S. The Morgan fingerprint density at radius 2 is 2.29 bits per heavy atom. The van der Waals surface area contributed by atoms with Gasteiger partial charge < -0.3 is 5.32 Å². The number of nitrogens with zero attached hydrogens (tertiary/aromatic N) is 2. The van der Waals surface area contributed by atoms with Gasteiger partial charge in [0.2, 0.25) is 10.0 Å². The summed E-state index contributed by atoms with van der Waals surface area (Å²) in [4.78, 5) is -0.0163. The van der Waals surface area contributed by atoms with Gasteiger partial charge in [0.05, 0.1) is 5.56 Å². The predicted octanol–water partition coefficient (Wildman–Crippen LogP) is 1.97. The van der Waals surface area contributed by atoms with E-state index in [0.29, 0.717) is 18.1 Å². The lowest BCUT2D eigenvalue weighted by Gasteiger charge is -2.24. The van der Waals surface area contributed by atoms with Crippen molar-refractivity contribution < 1.29 is 8.42 Å². The third-order valence-electron chi connectivity index (χ3n) is 3.62. The molecule has 21 heavy (non-hydrogen) atoms. The second-order valence-electron chi connectivity index (χ2n) is 5.00. The van der Waals surface area contributed by atoms with Crippen LogP contribution in [0.25, 0.3) is 0 Å². The van der Waals surface area contributed by atoms with Gasteiger partial charge >= 0.3 is 0 Å². The Morgan fingerprint density at radius 1 is 1.52 bits per heavy atom. The molecule has 1 N–H and O–H groups in total. The lowest BCUT2D eigenvalue weighted by molar-refractivity contribution is 0.383. The summed E-state index contributed by atoms with van der Waals surface area (Å²) >= 11 is 5.89. The standard InChI is InChI=1S/C14H18ClN3O2S/c1-2-18(10-13-4-3-7-17-13)21(19,20)14-8-12(15)6-5-11(14)9-16/h5-6,8,13,17H,2-4,7,10H2,1H3. The summed E-state index contributed by atoms with van der Waals surface area (Å²) in [5, 5.41) is 12.7. The quantitative estimate of drug-likeness (QED) is 0.897. The van der Waals surface area contributed by atoms with Crippen molar-refractivity contribution in [1.82, 2.24) is 9.62 Å². The SMILES string of the molecule is CCN(CC1CCCN1)S(=O)(=O)c1cc(Cl)ccc1C#N. The van der Waals surface area contributed by atoms with Gasteiger partial charge in [-0.3, -0.25) is 0 Å². The van der Waals surface area contributed by atoms with Gasteiger partial charge in [-0.2, -0.15) is 9.57 Å². The van der Waals surface area contributed by atoms with Crippen LogP contribution in [0.1, 0.15) is 25.3 Å². The van der Waals surface area contributed by atoms with Crippen molar-refractivity contribution in [3.05, 3.63) is 28.8 Å². The Hall–Kier alpha value is -1.13. The average molecular weight is 328 g/mol. The summed E-state index contributed by atoms with van der Waals surface area (Å²) in [5.41, 5.74) is 0.122. The van der Waals surface area contributed by atoms with Crippen LogP contribution >= 0.6 is 11.6 Å². The van der Waals surface area contributed by atoms with E-state index in [9.17, 15) is 8.42 Å². The van der Waals surface area contributed by atoms with E-state index in [2.05, 4.69) is 5.32 Å². The van der Waals surface area contributed by atoms with Crippen molar-refractivity contribution in [2.24, 2.45) is 0 Å². The van der Waals surface area contributed by atoms with Crippen LogP contribution < -0.4 is 5.32 Å². The van der Waals surface area contributed by atoms with E-state index in [4.69, 9.17) is 16.9 Å². The molecule has 5 nitrogen and oxygen atoms in total. The highest BCUT2D eigenvalue weighted by molar-refractivity contribution is 7.89. The molecular weight excluding hydrogens is 310 g/mol. The third kappa shape index (κ3) is 3.55. The summed E-state index contributed by atoms with van der Waals surface area (Å²) in [6.07, 6.45) is 2.02. The van der Waals surface area contributed by atoms with Crippen LogP contribution in [0.3, 0.4) is 0 Å². The lowest BCUT2D eigenvalue weighted by atomic mass is 10.2. The molecule has 0 spiro atoms. The van der Waals surface area contributed by atoms with Crippen molar-refractivity contribution >= 4 is 21.6 Å². The highest BCUT2D eigenvalue weighted by atomic mass is 35.5. The third-order valence-corrected chi connectivity index (χ3v) is 5.84. The molecule has 0 radical (unpaired) electrons. The fraction of sp³-hybridized carbons (Fsp3) is 0.500. The second-order valence-corrected chi connectivity index (χ2v) is 7.34. The summed E-state index contributed by atoms with van der Waals surface area (Å²) in [6, 6.07) is 6.40. The number of nitrogens with one attached hydrogen (secondary N) is 1. The molecule has 1 heterocycles. The average Bonchev–Trinajstić information content (AvgIpc) is 2.97. The van der Waals surface area contributed by atoms with Crippen molar-refractivity contribution in [2.45, 2.75) is 30.7 Å². The minimum absolute atomic E-state index is 0.0163. The van der Waals surface area contributed by atoms with Crippen molar-refractivity contribution in [1.29, 1.82) is 5.26 Å². The van der Waals surface area contributed by atoms with Gasteiger partial charge in [0.25, 0.3) is 0 Å².